The average Bonchev–Trinajstić information content (AvgIpc) is 2.97. The summed E-state index contributed by atoms with van der Waals surface area (Å²) in [5, 5.41) is 4.43. The van der Waals surface area contributed by atoms with E-state index in [0.29, 0.717) is 17.7 Å². The number of ether oxygens (including phenoxy) is 2. The highest BCUT2D eigenvalue weighted by molar-refractivity contribution is 6.30. The van der Waals surface area contributed by atoms with Gasteiger partial charge in [-0.1, -0.05) is 73.0 Å². The van der Waals surface area contributed by atoms with Gasteiger partial charge in [-0.05, 0) is 84.6 Å². The van der Waals surface area contributed by atoms with Crippen molar-refractivity contribution in [3.8, 4) is 34.5 Å². The fraction of sp³-hybridized carbons (Fsp3) is 0.235. The molecule has 5 rings (SSSR count). The summed E-state index contributed by atoms with van der Waals surface area (Å²) in [6.45, 7) is 0.417. The second-order valence-electron chi connectivity index (χ2n) is 9.62. The number of hydrogen-bond donors (Lipinski definition) is 1. The Morgan fingerprint density at radius 3 is 2.32 bits per heavy atom. The predicted octanol–water partition coefficient (Wildman–Crippen LogP) is 8.74. The molecule has 4 aromatic rings. The SMILES string of the molecule is COc1ccc(-c2ccc(Cl)cc2)c(COc2ccc(C#Cc3ccccc3NC3CCCCC3)cc2)c1. The van der Waals surface area contributed by atoms with Gasteiger partial charge in [0.05, 0.1) is 12.8 Å². The Morgan fingerprint density at radius 2 is 1.55 bits per heavy atom. The molecule has 0 unspecified atom stereocenters. The second-order valence-corrected chi connectivity index (χ2v) is 10.1. The van der Waals surface area contributed by atoms with Crippen LogP contribution < -0.4 is 14.8 Å². The number of para-hydroxylation sites is 1. The molecule has 192 valence electrons. The van der Waals surface area contributed by atoms with Gasteiger partial charge in [0, 0.05) is 27.8 Å². The maximum Gasteiger partial charge on any atom is 0.119 e. The summed E-state index contributed by atoms with van der Waals surface area (Å²) in [6.07, 6.45) is 6.43. The van der Waals surface area contributed by atoms with Crippen molar-refractivity contribution in [1.82, 2.24) is 0 Å². The molecule has 0 aromatic heterocycles. The number of methoxy groups -OCH3 is 1. The fourth-order valence-corrected chi connectivity index (χ4v) is 4.97. The molecule has 0 aliphatic heterocycles. The van der Waals surface area contributed by atoms with Crippen LogP contribution in [0.4, 0.5) is 5.69 Å². The van der Waals surface area contributed by atoms with Crippen LogP contribution in [0.3, 0.4) is 0 Å². The third kappa shape index (κ3) is 6.71. The van der Waals surface area contributed by atoms with Crippen LogP contribution in [0.15, 0.2) is 91.0 Å². The maximum atomic E-state index is 6.16. The van der Waals surface area contributed by atoms with Crippen LogP contribution in [0.2, 0.25) is 5.02 Å². The van der Waals surface area contributed by atoms with Gasteiger partial charge in [-0.25, -0.2) is 0 Å². The predicted molar refractivity (Wildman–Crippen MR) is 157 cm³/mol. The summed E-state index contributed by atoms with van der Waals surface area (Å²) in [7, 11) is 1.67. The van der Waals surface area contributed by atoms with Crippen molar-refractivity contribution in [1.29, 1.82) is 0 Å². The third-order valence-corrected chi connectivity index (χ3v) is 7.20. The zero-order chi connectivity index (χ0) is 26.2. The monoisotopic (exact) mass is 521 g/mol. The number of benzene rings is 4. The highest BCUT2D eigenvalue weighted by atomic mass is 35.5. The molecule has 4 aromatic carbocycles. The molecule has 0 heterocycles. The van der Waals surface area contributed by atoms with Gasteiger partial charge in [-0.2, -0.15) is 0 Å². The molecule has 1 aliphatic carbocycles. The van der Waals surface area contributed by atoms with Gasteiger partial charge in [-0.3, -0.25) is 0 Å². The van der Waals surface area contributed by atoms with Gasteiger partial charge in [0.25, 0.3) is 0 Å². The first-order valence-corrected chi connectivity index (χ1v) is 13.6. The largest absolute Gasteiger partial charge is 0.497 e. The van der Waals surface area contributed by atoms with Gasteiger partial charge in [0.2, 0.25) is 0 Å². The van der Waals surface area contributed by atoms with Crippen molar-refractivity contribution >= 4 is 17.3 Å². The third-order valence-electron chi connectivity index (χ3n) is 6.95. The van der Waals surface area contributed by atoms with Crippen LogP contribution in [0.5, 0.6) is 11.5 Å². The molecule has 0 saturated heterocycles. The molecule has 0 spiro atoms. The van der Waals surface area contributed by atoms with Crippen molar-refractivity contribution in [2.75, 3.05) is 12.4 Å². The van der Waals surface area contributed by atoms with Crippen molar-refractivity contribution < 1.29 is 9.47 Å². The zero-order valence-corrected chi connectivity index (χ0v) is 22.4. The first-order chi connectivity index (χ1) is 18.7. The van der Waals surface area contributed by atoms with Gasteiger partial charge in [0.1, 0.15) is 18.1 Å². The van der Waals surface area contributed by atoms with E-state index in [1.807, 2.05) is 66.7 Å². The van der Waals surface area contributed by atoms with E-state index in [1.54, 1.807) is 7.11 Å². The van der Waals surface area contributed by atoms with Crippen molar-refractivity contribution in [3.05, 3.63) is 113 Å². The summed E-state index contributed by atoms with van der Waals surface area (Å²) in [6, 6.07) is 30.7. The summed E-state index contributed by atoms with van der Waals surface area (Å²) < 4.78 is 11.6. The lowest BCUT2D eigenvalue weighted by Crippen LogP contribution is -2.22. The Hall–Kier alpha value is -3.87. The lowest BCUT2D eigenvalue weighted by molar-refractivity contribution is 0.305. The maximum absolute atomic E-state index is 6.16. The van der Waals surface area contributed by atoms with E-state index in [0.717, 1.165) is 45.0 Å². The van der Waals surface area contributed by atoms with Gasteiger partial charge in [-0.15, -0.1) is 0 Å². The normalized spacial score (nSPS) is 13.3. The standard InChI is InChI=1S/C34H32ClNO2/c1-37-32-21-22-33(26-15-17-29(35)18-16-26)28(23-32)24-38-31-19-12-25(13-20-31)11-14-27-7-5-6-10-34(27)36-30-8-3-2-4-9-30/h5-7,10,12-13,15-23,30,36H,2-4,8-9,24H2,1H3. The van der Waals surface area contributed by atoms with Crippen molar-refractivity contribution in [3.63, 3.8) is 0 Å². The summed E-state index contributed by atoms with van der Waals surface area (Å²) >= 11 is 6.09. The van der Waals surface area contributed by atoms with E-state index in [2.05, 4.69) is 41.4 Å². The molecule has 3 nitrogen and oxygen atoms in total. The molecule has 1 aliphatic rings. The number of nitrogens with one attached hydrogen (secondary N) is 1. The Labute approximate surface area is 230 Å². The molecule has 0 amide bonds. The van der Waals surface area contributed by atoms with Crippen LogP contribution in [-0.2, 0) is 6.61 Å². The number of rotatable bonds is 7. The minimum Gasteiger partial charge on any atom is -0.497 e. The highest BCUT2D eigenvalue weighted by Crippen LogP contribution is 2.30. The molecule has 0 atom stereocenters. The summed E-state index contributed by atoms with van der Waals surface area (Å²) in [5.41, 5.74) is 6.32. The van der Waals surface area contributed by atoms with E-state index in [4.69, 9.17) is 21.1 Å². The number of halogens is 1. The van der Waals surface area contributed by atoms with Crippen LogP contribution in [0, 0.1) is 11.8 Å². The quantitative estimate of drug-likeness (QED) is 0.246. The molecular weight excluding hydrogens is 490 g/mol. The van der Waals surface area contributed by atoms with E-state index in [1.165, 1.54) is 32.1 Å². The van der Waals surface area contributed by atoms with E-state index < -0.39 is 0 Å². The van der Waals surface area contributed by atoms with Crippen LogP contribution >= 0.6 is 11.6 Å². The topological polar surface area (TPSA) is 30.5 Å². The fourth-order valence-electron chi connectivity index (χ4n) is 4.85. The summed E-state index contributed by atoms with van der Waals surface area (Å²) in [4.78, 5) is 0. The molecule has 1 saturated carbocycles. The molecule has 38 heavy (non-hydrogen) atoms. The van der Waals surface area contributed by atoms with E-state index in [-0.39, 0.29) is 0 Å². The molecule has 0 radical (unpaired) electrons. The number of hydrogen-bond acceptors (Lipinski definition) is 3. The second kappa shape index (κ2) is 12.6. The zero-order valence-electron chi connectivity index (χ0n) is 21.7. The molecule has 1 fully saturated rings. The Balaban J connectivity index is 1.27. The van der Waals surface area contributed by atoms with Crippen molar-refractivity contribution in [2.45, 2.75) is 44.8 Å². The first kappa shape index (κ1) is 25.8. The van der Waals surface area contributed by atoms with E-state index in [9.17, 15) is 0 Å². The lowest BCUT2D eigenvalue weighted by Gasteiger charge is -2.24. The van der Waals surface area contributed by atoms with Gasteiger partial charge < -0.3 is 14.8 Å². The Kier molecular flexibility index (Phi) is 8.53. The Bertz CT molecular complexity index is 1410. The number of anilines is 1. The van der Waals surface area contributed by atoms with Gasteiger partial charge >= 0.3 is 0 Å². The van der Waals surface area contributed by atoms with Crippen LogP contribution in [0.25, 0.3) is 11.1 Å². The molecule has 1 N–H and O–H groups in total. The average molecular weight is 522 g/mol. The van der Waals surface area contributed by atoms with Crippen molar-refractivity contribution in [2.24, 2.45) is 0 Å². The highest BCUT2D eigenvalue weighted by Gasteiger charge is 2.14. The van der Waals surface area contributed by atoms with E-state index >= 15 is 0 Å². The van der Waals surface area contributed by atoms with Crippen LogP contribution in [-0.4, -0.2) is 13.2 Å². The van der Waals surface area contributed by atoms with Crippen LogP contribution in [0.1, 0.15) is 48.8 Å². The Morgan fingerprint density at radius 1 is 0.816 bits per heavy atom. The molecule has 0 bridgehead atoms. The first-order valence-electron chi connectivity index (χ1n) is 13.2. The minimum atomic E-state index is 0.417. The minimum absolute atomic E-state index is 0.417. The molecule has 4 heteroatoms. The lowest BCUT2D eigenvalue weighted by atomic mass is 9.95. The van der Waals surface area contributed by atoms with Gasteiger partial charge in [0.15, 0.2) is 0 Å². The smallest absolute Gasteiger partial charge is 0.119 e. The molecular formula is C34H32ClNO2. The summed E-state index contributed by atoms with van der Waals surface area (Å²) in [5.74, 6) is 8.27.